The quantitative estimate of drug-likeness (QED) is 0.658. The monoisotopic (exact) mass is 306 g/mol. The first-order chi connectivity index (χ1) is 11.2. The van der Waals surface area contributed by atoms with Crippen LogP contribution in [0.5, 0.6) is 11.5 Å². The van der Waals surface area contributed by atoms with Crippen LogP contribution in [0.25, 0.3) is 21.9 Å². The van der Waals surface area contributed by atoms with Crippen LogP contribution < -0.4 is 9.47 Å². The summed E-state index contributed by atoms with van der Waals surface area (Å²) in [6.07, 6.45) is 0.871. The minimum absolute atomic E-state index is 0.631. The van der Waals surface area contributed by atoms with Crippen LogP contribution in [0.3, 0.4) is 0 Å². The van der Waals surface area contributed by atoms with E-state index < -0.39 is 0 Å². The zero-order valence-corrected chi connectivity index (χ0v) is 13.4. The normalized spacial score (nSPS) is 10.6. The Balaban J connectivity index is 2.50. The number of ether oxygens (including phenoxy) is 2. The van der Waals surface area contributed by atoms with Crippen LogP contribution in [0.2, 0.25) is 0 Å². The molecule has 0 heterocycles. The van der Waals surface area contributed by atoms with Gasteiger partial charge in [0.05, 0.1) is 14.2 Å². The standard InChI is InChI=1S/C20H18O3/c1-13-18(15-9-5-4-8-14(15)12-21)20(23-3)17-11-7-6-10-16(17)19(13)22-2/h4-12H,1-3H3. The van der Waals surface area contributed by atoms with Gasteiger partial charge in [-0.15, -0.1) is 0 Å². The highest BCUT2D eigenvalue weighted by Crippen LogP contribution is 2.46. The molecule has 0 saturated carbocycles. The Morgan fingerprint density at radius 3 is 2.00 bits per heavy atom. The Morgan fingerprint density at radius 2 is 1.39 bits per heavy atom. The molecule has 3 aromatic rings. The van der Waals surface area contributed by atoms with Crippen LogP contribution in [-0.2, 0) is 0 Å². The van der Waals surface area contributed by atoms with E-state index >= 15 is 0 Å². The lowest BCUT2D eigenvalue weighted by atomic mass is 9.91. The maximum Gasteiger partial charge on any atom is 0.150 e. The molecule has 0 amide bonds. The maximum absolute atomic E-state index is 11.5. The first kappa shape index (κ1) is 15.1. The van der Waals surface area contributed by atoms with Crippen molar-refractivity contribution in [3.63, 3.8) is 0 Å². The predicted molar refractivity (Wildman–Crippen MR) is 92.6 cm³/mol. The third-order valence-corrected chi connectivity index (χ3v) is 4.12. The van der Waals surface area contributed by atoms with Crippen molar-refractivity contribution in [2.45, 2.75) is 6.92 Å². The second kappa shape index (κ2) is 6.13. The Morgan fingerprint density at radius 1 is 0.826 bits per heavy atom. The van der Waals surface area contributed by atoms with Gasteiger partial charge in [0.25, 0.3) is 0 Å². The minimum Gasteiger partial charge on any atom is -0.496 e. The molecule has 0 atom stereocenters. The second-order valence-electron chi connectivity index (χ2n) is 5.32. The molecule has 116 valence electrons. The van der Waals surface area contributed by atoms with E-state index in [1.807, 2.05) is 55.5 Å². The van der Waals surface area contributed by atoms with Crippen molar-refractivity contribution in [2.75, 3.05) is 14.2 Å². The molecule has 0 bridgehead atoms. The number of carbonyl (C=O) groups excluding carboxylic acids is 1. The fourth-order valence-electron chi connectivity index (χ4n) is 3.13. The lowest BCUT2D eigenvalue weighted by Crippen LogP contribution is -1.99. The number of hydrogen-bond donors (Lipinski definition) is 0. The zero-order valence-electron chi connectivity index (χ0n) is 13.4. The fourth-order valence-corrected chi connectivity index (χ4v) is 3.13. The van der Waals surface area contributed by atoms with E-state index in [1.165, 1.54) is 0 Å². The summed E-state index contributed by atoms with van der Waals surface area (Å²) in [6, 6.07) is 15.5. The summed E-state index contributed by atoms with van der Waals surface area (Å²) in [5.41, 5.74) is 3.33. The average Bonchev–Trinajstić information content (AvgIpc) is 2.60. The van der Waals surface area contributed by atoms with Crippen molar-refractivity contribution in [1.29, 1.82) is 0 Å². The molecule has 0 spiro atoms. The molecule has 0 aliphatic carbocycles. The molecule has 0 fully saturated rings. The molecule has 23 heavy (non-hydrogen) atoms. The highest BCUT2D eigenvalue weighted by Gasteiger charge is 2.20. The molecule has 0 N–H and O–H groups in total. The van der Waals surface area contributed by atoms with Crippen molar-refractivity contribution in [2.24, 2.45) is 0 Å². The number of carbonyl (C=O) groups is 1. The molecule has 0 saturated heterocycles. The number of aldehydes is 1. The van der Waals surface area contributed by atoms with Crippen molar-refractivity contribution < 1.29 is 14.3 Å². The molecule has 0 radical (unpaired) electrons. The molecular formula is C20H18O3. The Labute approximate surface area is 135 Å². The van der Waals surface area contributed by atoms with Gasteiger partial charge in [0.15, 0.2) is 6.29 Å². The van der Waals surface area contributed by atoms with Gasteiger partial charge in [0, 0.05) is 27.5 Å². The van der Waals surface area contributed by atoms with E-state index in [1.54, 1.807) is 14.2 Å². The number of rotatable bonds is 4. The smallest absolute Gasteiger partial charge is 0.150 e. The summed E-state index contributed by atoms with van der Waals surface area (Å²) in [7, 11) is 3.32. The minimum atomic E-state index is 0.631. The molecule has 3 heteroatoms. The topological polar surface area (TPSA) is 35.5 Å². The van der Waals surface area contributed by atoms with Gasteiger partial charge in [-0.05, 0) is 12.5 Å². The third kappa shape index (κ3) is 2.34. The first-order valence-electron chi connectivity index (χ1n) is 7.40. The summed E-state index contributed by atoms with van der Waals surface area (Å²) < 4.78 is 11.4. The van der Waals surface area contributed by atoms with Crippen molar-refractivity contribution in [1.82, 2.24) is 0 Å². The largest absolute Gasteiger partial charge is 0.496 e. The van der Waals surface area contributed by atoms with E-state index in [9.17, 15) is 4.79 Å². The summed E-state index contributed by atoms with van der Waals surface area (Å²) in [4.78, 5) is 11.5. The van der Waals surface area contributed by atoms with Gasteiger partial charge in [0.2, 0.25) is 0 Å². The van der Waals surface area contributed by atoms with E-state index in [-0.39, 0.29) is 0 Å². The zero-order chi connectivity index (χ0) is 16.4. The van der Waals surface area contributed by atoms with Crippen LogP contribution in [-0.4, -0.2) is 20.5 Å². The number of fused-ring (bicyclic) bond motifs is 1. The fraction of sp³-hybridized carbons (Fsp3) is 0.150. The highest BCUT2D eigenvalue weighted by molar-refractivity contribution is 6.03. The summed E-state index contributed by atoms with van der Waals surface area (Å²) >= 11 is 0. The van der Waals surface area contributed by atoms with E-state index in [4.69, 9.17) is 9.47 Å². The van der Waals surface area contributed by atoms with Crippen LogP contribution in [0.15, 0.2) is 48.5 Å². The van der Waals surface area contributed by atoms with Gasteiger partial charge in [0.1, 0.15) is 11.5 Å². The Bertz CT molecular complexity index is 881. The van der Waals surface area contributed by atoms with E-state index in [0.717, 1.165) is 45.2 Å². The number of benzene rings is 3. The maximum atomic E-state index is 11.5. The summed E-state index contributed by atoms with van der Waals surface area (Å²) in [5.74, 6) is 1.56. The second-order valence-corrected chi connectivity index (χ2v) is 5.32. The molecule has 3 aromatic carbocycles. The lowest BCUT2D eigenvalue weighted by molar-refractivity contribution is 0.112. The molecule has 0 aliphatic heterocycles. The van der Waals surface area contributed by atoms with Crippen molar-refractivity contribution in [3.05, 3.63) is 59.7 Å². The van der Waals surface area contributed by atoms with E-state index in [0.29, 0.717) is 5.56 Å². The van der Waals surface area contributed by atoms with Crippen molar-refractivity contribution in [3.8, 4) is 22.6 Å². The predicted octanol–water partition coefficient (Wildman–Crippen LogP) is 4.64. The Hall–Kier alpha value is -2.81. The Kier molecular flexibility index (Phi) is 4.02. The van der Waals surface area contributed by atoms with Crippen LogP contribution in [0, 0.1) is 6.92 Å². The molecule has 3 rings (SSSR count). The number of methoxy groups -OCH3 is 2. The average molecular weight is 306 g/mol. The number of hydrogen-bond acceptors (Lipinski definition) is 3. The molecular weight excluding hydrogens is 288 g/mol. The molecule has 0 unspecified atom stereocenters. The highest BCUT2D eigenvalue weighted by atomic mass is 16.5. The molecule has 0 aromatic heterocycles. The van der Waals surface area contributed by atoms with Gasteiger partial charge in [-0.1, -0.05) is 48.5 Å². The molecule has 3 nitrogen and oxygen atoms in total. The SMILES string of the molecule is COc1c(C)c(-c2ccccc2C=O)c(OC)c2ccccc12. The van der Waals surface area contributed by atoms with Crippen molar-refractivity contribution >= 4 is 17.1 Å². The van der Waals surface area contributed by atoms with Crippen LogP contribution in [0.4, 0.5) is 0 Å². The molecule has 0 aliphatic rings. The van der Waals surface area contributed by atoms with Gasteiger partial charge in [-0.25, -0.2) is 0 Å². The third-order valence-electron chi connectivity index (χ3n) is 4.12. The first-order valence-corrected chi connectivity index (χ1v) is 7.40. The van der Waals surface area contributed by atoms with E-state index in [2.05, 4.69) is 0 Å². The lowest BCUT2D eigenvalue weighted by Gasteiger charge is -2.19. The van der Waals surface area contributed by atoms with Crippen LogP contribution in [0.1, 0.15) is 15.9 Å². The van der Waals surface area contributed by atoms with Gasteiger partial charge < -0.3 is 9.47 Å². The van der Waals surface area contributed by atoms with Gasteiger partial charge in [-0.2, -0.15) is 0 Å². The van der Waals surface area contributed by atoms with Gasteiger partial charge in [-0.3, -0.25) is 4.79 Å². The summed E-state index contributed by atoms with van der Waals surface area (Å²) in [5, 5.41) is 1.96. The summed E-state index contributed by atoms with van der Waals surface area (Å²) in [6.45, 7) is 1.99. The van der Waals surface area contributed by atoms with Crippen LogP contribution >= 0.6 is 0 Å². The van der Waals surface area contributed by atoms with Gasteiger partial charge >= 0.3 is 0 Å².